The lowest BCUT2D eigenvalue weighted by atomic mass is 10.0. The summed E-state index contributed by atoms with van der Waals surface area (Å²) in [5, 5.41) is 0. The number of hydrogen-bond acceptors (Lipinski definition) is 0. The zero-order chi connectivity index (χ0) is 22.7. The van der Waals surface area contributed by atoms with Crippen molar-refractivity contribution in [1.29, 1.82) is 0 Å². The van der Waals surface area contributed by atoms with Crippen molar-refractivity contribution in [1.82, 2.24) is 4.57 Å². The Labute approximate surface area is 199 Å². The van der Waals surface area contributed by atoms with Crippen LogP contribution in [-0.4, -0.2) is 4.57 Å². The summed E-state index contributed by atoms with van der Waals surface area (Å²) in [7, 11) is 0. The summed E-state index contributed by atoms with van der Waals surface area (Å²) in [6.07, 6.45) is 28.8. The van der Waals surface area contributed by atoms with Crippen LogP contribution in [0.3, 0.4) is 0 Å². The third-order valence-electron chi connectivity index (χ3n) is 6.85. The lowest BCUT2D eigenvalue weighted by molar-refractivity contribution is -0.686. The molecular formula is C30H51N2+. The van der Waals surface area contributed by atoms with Crippen LogP contribution < -0.4 is 4.57 Å². The summed E-state index contributed by atoms with van der Waals surface area (Å²) in [6, 6.07) is 10.8. The number of hydrogen-bond donors (Lipinski definition) is 0. The van der Waals surface area contributed by atoms with Gasteiger partial charge in [-0.1, -0.05) is 121 Å². The molecule has 1 aromatic heterocycles. The molecule has 0 saturated heterocycles. The molecule has 0 aliphatic rings. The number of nitrogens with zero attached hydrogens (tertiary/aromatic N) is 2. The van der Waals surface area contributed by atoms with Gasteiger partial charge in [-0.15, -0.1) is 0 Å². The van der Waals surface area contributed by atoms with E-state index in [-0.39, 0.29) is 0 Å². The predicted octanol–water partition coefficient (Wildman–Crippen LogP) is 9.11. The minimum atomic E-state index is 1.02. The van der Waals surface area contributed by atoms with Gasteiger partial charge in [0.15, 0.2) is 0 Å². The van der Waals surface area contributed by atoms with E-state index in [0.29, 0.717) is 0 Å². The number of unbranched alkanes of at least 4 members (excludes halogenated alkanes) is 16. The van der Waals surface area contributed by atoms with Gasteiger partial charge in [0, 0.05) is 0 Å². The Kier molecular flexibility index (Phi) is 14.9. The summed E-state index contributed by atoms with van der Waals surface area (Å²) in [6.45, 7) is 6.69. The van der Waals surface area contributed by atoms with Crippen LogP contribution in [-0.2, 0) is 13.1 Å². The van der Waals surface area contributed by atoms with Gasteiger partial charge in [-0.05, 0) is 31.9 Å². The van der Waals surface area contributed by atoms with Crippen LogP contribution in [0.15, 0.2) is 42.7 Å². The molecule has 0 radical (unpaired) electrons. The first kappa shape index (κ1) is 26.7. The standard InChI is InChI=1S/C30H51N2/c1-3-5-6-7-8-9-10-11-12-13-14-15-16-17-18-19-23-26-32-28-27-31(4-2)30(32)29-24-21-20-22-25-29/h20-22,24-25,27-28H,3-19,23,26H2,1-2H3/q+1. The van der Waals surface area contributed by atoms with Crippen LogP contribution in [0, 0.1) is 0 Å². The molecule has 0 spiro atoms. The zero-order valence-electron chi connectivity index (χ0n) is 21.4. The maximum absolute atomic E-state index is 2.45. The molecule has 32 heavy (non-hydrogen) atoms. The second kappa shape index (κ2) is 17.9. The molecule has 0 bridgehead atoms. The molecule has 0 aliphatic heterocycles. The summed E-state index contributed by atoms with van der Waals surface area (Å²) in [4.78, 5) is 0. The van der Waals surface area contributed by atoms with Crippen molar-refractivity contribution in [3.8, 4) is 11.4 Å². The molecule has 1 heterocycles. The summed E-state index contributed by atoms with van der Waals surface area (Å²) >= 11 is 0. The Bertz CT molecular complexity index is 673. The monoisotopic (exact) mass is 439 g/mol. The van der Waals surface area contributed by atoms with E-state index in [9.17, 15) is 0 Å². The summed E-state index contributed by atoms with van der Waals surface area (Å²) < 4.78 is 4.81. The molecule has 0 saturated carbocycles. The fraction of sp³-hybridized carbons (Fsp3) is 0.700. The Morgan fingerprint density at radius 1 is 0.594 bits per heavy atom. The first-order chi connectivity index (χ1) is 15.9. The molecule has 0 amide bonds. The highest BCUT2D eigenvalue weighted by molar-refractivity contribution is 5.52. The Morgan fingerprint density at radius 2 is 1.06 bits per heavy atom. The average molecular weight is 440 g/mol. The van der Waals surface area contributed by atoms with Crippen molar-refractivity contribution in [3.05, 3.63) is 42.7 Å². The Morgan fingerprint density at radius 3 is 1.53 bits per heavy atom. The first-order valence-electron chi connectivity index (χ1n) is 14.0. The van der Waals surface area contributed by atoms with E-state index in [0.717, 1.165) is 13.1 Å². The zero-order valence-corrected chi connectivity index (χ0v) is 21.4. The molecule has 2 rings (SSSR count). The molecule has 0 unspecified atom stereocenters. The van der Waals surface area contributed by atoms with Crippen LogP contribution in [0.5, 0.6) is 0 Å². The van der Waals surface area contributed by atoms with Gasteiger partial charge in [0.1, 0.15) is 12.4 Å². The highest BCUT2D eigenvalue weighted by Gasteiger charge is 2.17. The van der Waals surface area contributed by atoms with Gasteiger partial charge >= 0.3 is 0 Å². The first-order valence-corrected chi connectivity index (χ1v) is 14.0. The largest absolute Gasteiger partial charge is 0.288 e. The van der Waals surface area contributed by atoms with Crippen molar-refractivity contribution < 1.29 is 4.57 Å². The quantitative estimate of drug-likeness (QED) is 0.144. The van der Waals surface area contributed by atoms with Gasteiger partial charge in [0.25, 0.3) is 5.82 Å². The fourth-order valence-corrected chi connectivity index (χ4v) is 4.83. The Hall–Kier alpha value is -1.57. The Balaban J connectivity index is 1.44. The van der Waals surface area contributed by atoms with Gasteiger partial charge in [-0.25, -0.2) is 9.13 Å². The van der Waals surface area contributed by atoms with Gasteiger partial charge in [-0.2, -0.15) is 0 Å². The van der Waals surface area contributed by atoms with Crippen molar-refractivity contribution in [2.45, 2.75) is 136 Å². The van der Waals surface area contributed by atoms with Gasteiger partial charge < -0.3 is 0 Å². The van der Waals surface area contributed by atoms with E-state index >= 15 is 0 Å². The molecule has 0 N–H and O–H groups in total. The average Bonchev–Trinajstić information content (AvgIpc) is 3.24. The van der Waals surface area contributed by atoms with Crippen molar-refractivity contribution in [3.63, 3.8) is 0 Å². The molecule has 180 valence electrons. The van der Waals surface area contributed by atoms with Crippen molar-refractivity contribution in [2.24, 2.45) is 0 Å². The van der Waals surface area contributed by atoms with E-state index < -0.39 is 0 Å². The van der Waals surface area contributed by atoms with E-state index in [1.807, 2.05) is 0 Å². The van der Waals surface area contributed by atoms with E-state index in [2.05, 4.69) is 65.7 Å². The summed E-state index contributed by atoms with van der Waals surface area (Å²) in [5.74, 6) is 1.35. The second-order valence-corrected chi connectivity index (χ2v) is 9.62. The lowest BCUT2D eigenvalue weighted by Gasteiger charge is -2.05. The molecule has 1 aromatic carbocycles. The number of benzene rings is 1. The third-order valence-corrected chi connectivity index (χ3v) is 6.85. The SMILES string of the molecule is CCCCCCCCCCCCCCCCCCC[n+]1ccn(CC)c1-c1ccccc1. The smallest absolute Gasteiger partial charge is 0.230 e. The van der Waals surface area contributed by atoms with Crippen molar-refractivity contribution >= 4 is 0 Å². The van der Waals surface area contributed by atoms with Crippen LogP contribution in [0.25, 0.3) is 11.4 Å². The number of imidazole rings is 1. The van der Waals surface area contributed by atoms with E-state index in [4.69, 9.17) is 0 Å². The molecule has 0 aliphatic carbocycles. The molecule has 0 atom stereocenters. The van der Waals surface area contributed by atoms with Gasteiger partial charge in [0.2, 0.25) is 0 Å². The van der Waals surface area contributed by atoms with E-state index in [1.165, 1.54) is 121 Å². The molecule has 2 aromatic rings. The minimum absolute atomic E-state index is 1.02. The minimum Gasteiger partial charge on any atom is -0.230 e. The number of aryl methyl sites for hydroxylation is 2. The molecular weight excluding hydrogens is 388 g/mol. The fourth-order valence-electron chi connectivity index (χ4n) is 4.83. The molecule has 2 heteroatoms. The van der Waals surface area contributed by atoms with E-state index in [1.54, 1.807) is 0 Å². The molecule has 0 fully saturated rings. The van der Waals surface area contributed by atoms with Crippen molar-refractivity contribution in [2.75, 3.05) is 0 Å². The topological polar surface area (TPSA) is 8.81 Å². The third kappa shape index (κ3) is 10.8. The predicted molar refractivity (Wildman–Crippen MR) is 140 cm³/mol. The number of aromatic nitrogens is 2. The van der Waals surface area contributed by atoms with Gasteiger partial charge in [0.05, 0.1) is 18.7 Å². The molecule has 2 nitrogen and oxygen atoms in total. The van der Waals surface area contributed by atoms with Crippen LogP contribution in [0.4, 0.5) is 0 Å². The highest BCUT2D eigenvalue weighted by atomic mass is 15.1. The van der Waals surface area contributed by atoms with Crippen LogP contribution >= 0.6 is 0 Å². The van der Waals surface area contributed by atoms with Crippen LogP contribution in [0.1, 0.15) is 123 Å². The second-order valence-electron chi connectivity index (χ2n) is 9.62. The highest BCUT2D eigenvalue weighted by Crippen LogP contribution is 2.17. The van der Waals surface area contributed by atoms with Gasteiger partial charge in [-0.3, -0.25) is 0 Å². The number of rotatable bonds is 20. The maximum Gasteiger partial charge on any atom is 0.288 e. The summed E-state index contributed by atoms with van der Waals surface area (Å²) in [5.41, 5.74) is 1.33. The lowest BCUT2D eigenvalue weighted by Crippen LogP contribution is -2.34. The maximum atomic E-state index is 2.45. The normalized spacial score (nSPS) is 11.3. The van der Waals surface area contributed by atoms with Crippen LogP contribution in [0.2, 0.25) is 0 Å².